The van der Waals surface area contributed by atoms with E-state index < -0.39 is 0 Å². The van der Waals surface area contributed by atoms with Gasteiger partial charge >= 0.3 is 0 Å². The van der Waals surface area contributed by atoms with Gasteiger partial charge in [0.15, 0.2) is 11.3 Å². The predicted octanol–water partition coefficient (Wildman–Crippen LogP) is 2.38. The fourth-order valence-electron chi connectivity index (χ4n) is 3.68. The van der Waals surface area contributed by atoms with Crippen LogP contribution >= 0.6 is 15.9 Å². The second kappa shape index (κ2) is 5.42. The number of aromatic nitrogens is 4. The van der Waals surface area contributed by atoms with Gasteiger partial charge in [-0.1, -0.05) is 0 Å². The summed E-state index contributed by atoms with van der Waals surface area (Å²) in [6, 6.07) is 2.14. The van der Waals surface area contributed by atoms with Crippen molar-refractivity contribution in [3.8, 4) is 6.07 Å². The Hall–Kier alpha value is -1.72. The molecule has 2 aliphatic rings. The lowest BCUT2D eigenvalue weighted by Gasteiger charge is -2.38. The van der Waals surface area contributed by atoms with Crippen LogP contribution in [0.15, 0.2) is 4.60 Å². The zero-order chi connectivity index (χ0) is 16.0. The van der Waals surface area contributed by atoms with Crippen LogP contribution in [-0.2, 0) is 4.74 Å². The van der Waals surface area contributed by atoms with Crippen molar-refractivity contribution in [2.45, 2.75) is 32.3 Å². The minimum Gasteiger partial charge on any atom is -0.378 e. The normalized spacial score (nSPS) is 23.5. The molecule has 120 valence electrons. The van der Waals surface area contributed by atoms with Gasteiger partial charge in [0.25, 0.3) is 0 Å². The lowest BCUT2D eigenvalue weighted by molar-refractivity contribution is 0.0975. The highest BCUT2D eigenvalue weighted by Gasteiger charge is 2.41. The van der Waals surface area contributed by atoms with E-state index in [-0.39, 0.29) is 0 Å². The average Bonchev–Trinajstić information content (AvgIpc) is 3.11. The number of anilines is 1. The highest BCUT2D eigenvalue weighted by atomic mass is 79.9. The van der Waals surface area contributed by atoms with Gasteiger partial charge in [-0.3, -0.25) is 5.10 Å². The summed E-state index contributed by atoms with van der Waals surface area (Å²) in [6.07, 6.45) is 3.65. The summed E-state index contributed by atoms with van der Waals surface area (Å²) in [4.78, 5) is 11.1. The van der Waals surface area contributed by atoms with Gasteiger partial charge in [0.1, 0.15) is 10.7 Å². The Morgan fingerprint density at radius 3 is 2.83 bits per heavy atom. The van der Waals surface area contributed by atoms with Crippen LogP contribution in [0.25, 0.3) is 11.0 Å². The van der Waals surface area contributed by atoms with Gasteiger partial charge in [-0.25, -0.2) is 4.98 Å². The summed E-state index contributed by atoms with van der Waals surface area (Å²) in [7, 11) is 0. The Labute approximate surface area is 142 Å². The molecule has 2 saturated heterocycles. The Morgan fingerprint density at radius 2 is 2.17 bits per heavy atom. The predicted molar refractivity (Wildman–Crippen MR) is 88.0 cm³/mol. The molecule has 8 heteroatoms. The first kappa shape index (κ1) is 14.8. The molecule has 0 bridgehead atoms. The van der Waals surface area contributed by atoms with Gasteiger partial charge < -0.3 is 9.64 Å². The number of rotatable bonds is 1. The first-order chi connectivity index (χ1) is 11.1. The van der Waals surface area contributed by atoms with E-state index in [1.165, 1.54) is 0 Å². The standard InChI is InChI=1S/C15H17BrN6O/c1-9-6-15(8-23-9)2-4-22(5-3-15)14-18-10(7-17)11-12(16)20-21-13(11)19-14/h9H,2-6,8H2,1H3,(H,18,19,20,21)/t9-/m0/s1. The molecule has 23 heavy (non-hydrogen) atoms. The van der Waals surface area contributed by atoms with Gasteiger partial charge in [0, 0.05) is 13.1 Å². The van der Waals surface area contributed by atoms with Gasteiger partial charge in [-0.05, 0) is 47.5 Å². The monoisotopic (exact) mass is 376 g/mol. The molecule has 0 radical (unpaired) electrons. The number of fused-ring (bicyclic) bond motifs is 1. The van der Waals surface area contributed by atoms with Crippen LogP contribution in [0.4, 0.5) is 5.95 Å². The van der Waals surface area contributed by atoms with Gasteiger partial charge in [0.2, 0.25) is 5.95 Å². The Morgan fingerprint density at radius 1 is 1.39 bits per heavy atom. The van der Waals surface area contributed by atoms with Crippen molar-refractivity contribution < 1.29 is 4.74 Å². The van der Waals surface area contributed by atoms with E-state index in [4.69, 9.17) is 4.74 Å². The number of halogens is 1. The second-order valence-corrected chi connectivity index (χ2v) is 7.33. The maximum Gasteiger partial charge on any atom is 0.228 e. The molecule has 0 saturated carbocycles. The van der Waals surface area contributed by atoms with Crippen molar-refractivity contribution in [3.05, 3.63) is 10.3 Å². The van der Waals surface area contributed by atoms with Crippen molar-refractivity contribution in [2.24, 2.45) is 5.41 Å². The van der Waals surface area contributed by atoms with E-state index >= 15 is 0 Å². The van der Waals surface area contributed by atoms with E-state index in [0.717, 1.165) is 39.0 Å². The van der Waals surface area contributed by atoms with Crippen LogP contribution in [0.1, 0.15) is 31.9 Å². The largest absolute Gasteiger partial charge is 0.378 e. The molecule has 4 heterocycles. The third-order valence-corrected chi connectivity index (χ3v) is 5.54. The minimum absolute atomic E-state index is 0.313. The molecular formula is C15H17BrN6O. The molecule has 2 fully saturated rings. The van der Waals surface area contributed by atoms with E-state index in [1.54, 1.807) is 0 Å². The smallest absolute Gasteiger partial charge is 0.228 e. The van der Waals surface area contributed by atoms with Crippen LogP contribution < -0.4 is 4.90 Å². The van der Waals surface area contributed by atoms with Crippen LogP contribution in [0.3, 0.4) is 0 Å². The lowest BCUT2D eigenvalue weighted by atomic mass is 9.77. The number of nitrogens with one attached hydrogen (secondary N) is 1. The summed E-state index contributed by atoms with van der Waals surface area (Å²) in [6.45, 7) is 4.78. The Balaban J connectivity index is 1.60. The first-order valence-electron chi connectivity index (χ1n) is 7.78. The number of nitrogens with zero attached hydrogens (tertiary/aromatic N) is 5. The molecule has 1 N–H and O–H groups in total. The molecule has 0 amide bonds. The highest BCUT2D eigenvalue weighted by molar-refractivity contribution is 9.10. The molecule has 7 nitrogen and oxygen atoms in total. The van der Waals surface area contributed by atoms with E-state index in [9.17, 15) is 5.26 Å². The summed E-state index contributed by atoms with van der Waals surface area (Å²) < 4.78 is 6.42. The average molecular weight is 377 g/mol. The number of hydrogen-bond acceptors (Lipinski definition) is 6. The van der Waals surface area contributed by atoms with Crippen molar-refractivity contribution in [2.75, 3.05) is 24.6 Å². The number of aromatic amines is 1. The molecular weight excluding hydrogens is 360 g/mol. The lowest BCUT2D eigenvalue weighted by Crippen LogP contribution is -2.41. The fourth-order valence-corrected chi connectivity index (χ4v) is 4.13. The molecule has 1 spiro atoms. The quantitative estimate of drug-likeness (QED) is 0.821. The van der Waals surface area contributed by atoms with Gasteiger partial charge in [-0.15, -0.1) is 0 Å². The molecule has 0 unspecified atom stereocenters. The van der Waals surface area contributed by atoms with Crippen molar-refractivity contribution in [1.29, 1.82) is 5.26 Å². The molecule has 1 atom stereocenters. The molecule has 2 aliphatic heterocycles. The molecule has 0 aliphatic carbocycles. The van der Waals surface area contributed by atoms with Gasteiger partial charge in [-0.2, -0.15) is 15.3 Å². The van der Waals surface area contributed by atoms with Crippen molar-refractivity contribution in [1.82, 2.24) is 20.2 Å². The number of ether oxygens (including phenoxy) is 1. The zero-order valence-corrected chi connectivity index (χ0v) is 14.4. The fraction of sp³-hybridized carbons (Fsp3) is 0.600. The summed E-state index contributed by atoms with van der Waals surface area (Å²) in [5.74, 6) is 0.592. The van der Waals surface area contributed by atoms with Crippen LogP contribution in [0, 0.1) is 16.7 Å². The Bertz CT molecular complexity index is 789. The number of hydrogen-bond donors (Lipinski definition) is 1. The third kappa shape index (κ3) is 2.48. The maximum absolute atomic E-state index is 9.36. The summed E-state index contributed by atoms with van der Waals surface area (Å²) in [5.41, 5.74) is 1.19. The SMILES string of the molecule is C[C@H]1CC2(CCN(c3nc(C#N)c4c(Br)[nH]nc4n3)CC2)CO1. The highest BCUT2D eigenvalue weighted by Crippen LogP contribution is 2.42. The molecule has 0 aromatic carbocycles. The number of H-pyrrole nitrogens is 1. The summed E-state index contributed by atoms with van der Waals surface area (Å²) in [5, 5.41) is 16.9. The van der Waals surface area contributed by atoms with Crippen molar-refractivity contribution in [3.63, 3.8) is 0 Å². The number of nitriles is 1. The van der Waals surface area contributed by atoms with Crippen LogP contribution in [0.5, 0.6) is 0 Å². The zero-order valence-electron chi connectivity index (χ0n) is 12.8. The molecule has 4 rings (SSSR count). The molecule has 2 aromatic heterocycles. The second-order valence-electron chi connectivity index (χ2n) is 6.53. The third-order valence-electron chi connectivity index (χ3n) is 4.96. The van der Waals surface area contributed by atoms with E-state index in [0.29, 0.717) is 38.8 Å². The van der Waals surface area contributed by atoms with Gasteiger partial charge in [0.05, 0.1) is 18.1 Å². The van der Waals surface area contributed by atoms with Crippen molar-refractivity contribution >= 4 is 32.9 Å². The van der Waals surface area contributed by atoms with E-state index in [1.807, 2.05) is 0 Å². The number of piperidine rings is 1. The summed E-state index contributed by atoms with van der Waals surface area (Å²) >= 11 is 3.35. The Kier molecular flexibility index (Phi) is 3.50. The van der Waals surface area contributed by atoms with Crippen LogP contribution in [0.2, 0.25) is 0 Å². The first-order valence-corrected chi connectivity index (χ1v) is 8.58. The van der Waals surface area contributed by atoms with Crippen LogP contribution in [-0.4, -0.2) is 46.0 Å². The maximum atomic E-state index is 9.36. The molecule has 2 aromatic rings. The topological polar surface area (TPSA) is 90.7 Å². The minimum atomic E-state index is 0.313. The van der Waals surface area contributed by atoms with E-state index in [2.05, 4.69) is 54.0 Å².